The molecule has 1 aromatic carbocycles. The van der Waals surface area contributed by atoms with Crippen molar-refractivity contribution >= 4 is 16.5 Å². The molecule has 3 heterocycles. The highest BCUT2D eigenvalue weighted by molar-refractivity contribution is 5.98. The first-order valence-electron chi connectivity index (χ1n) is 7.72. The number of nitrogens with zero attached hydrogens (tertiary/aromatic N) is 2. The number of oxazole rings is 1. The zero-order valence-corrected chi connectivity index (χ0v) is 12.4. The van der Waals surface area contributed by atoms with Crippen LogP contribution < -0.4 is 0 Å². The molecule has 0 saturated carbocycles. The third-order valence-corrected chi connectivity index (χ3v) is 5.04. The monoisotopic (exact) mass is 291 g/mol. The second-order valence-corrected chi connectivity index (χ2v) is 6.30. The van der Waals surface area contributed by atoms with Crippen LogP contribution >= 0.6 is 0 Å². The Bertz CT molecular complexity index is 875. The van der Waals surface area contributed by atoms with Gasteiger partial charge >= 0.3 is 0 Å². The molecular weight excluding hydrogens is 274 g/mol. The molecule has 0 bridgehead atoms. The van der Waals surface area contributed by atoms with E-state index in [1.807, 2.05) is 0 Å². The van der Waals surface area contributed by atoms with Gasteiger partial charge in [-0.15, -0.1) is 0 Å². The number of likely N-dealkylation sites (N-methyl/N-ethyl adjacent to an activating group) is 1. The zero-order valence-electron chi connectivity index (χ0n) is 12.4. The lowest BCUT2D eigenvalue weighted by molar-refractivity contribution is 0.255. The van der Waals surface area contributed by atoms with Crippen LogP contribution in [0.4, 0.5) is 0 Å². The number of hydrogen-bond donors (Lipinski definition) is 1. The number of benzene rings is 1. The average molecular weight is 291 g/mol. The molecular formula is C18H17N3O. The summed E-state index contributed by atoms with van der Waals surface area (Å²) in [6.45, 7) is 0.949. The Kier molecular flexibility index (Phi) is 2.41. The molecule has 2 atom stereocenters. The van der Waals surface area contributed by atoms with Crippen molar-refractivity contribution in [1.82, 2.24) is 14.9 Å². The van der Waals surface area contributed by atoms with E-state index in [9.17, 15) is 0 Å². The lowest BCUT2D eigenvalue weighted by Gasteiger charge is -2.39. The maximum Gasteiger partial charge on any atom is 0.202 e. The highest BCUT2D eigenvalue weighted by Crippen LogP contribution is 2.42. The van der Waals surface area contributed by atoms with Crippen molar-refractivity contribution in [2.24, 2.45) is 0 Å². The molecule has 4 heteroatoms. The molecule has 5 rings (SSSR count). The standard InChI is InChI=1S/C18H17N3O/c1-21-10-12(18-19-5-6-22-18)7-14-13-3-2-4-15-17(13)11(9-20-15)8-16(14)21/h2-7,9,12,16,20H,8,10H2,1H3. The van der Waals surface area contributed by atoms with Crippen LogP contribution in [-0.4, -0.2) is 34.5 Å². The molecule has 2 unspecified atom stereocenters. The first kappa shape index (κ1) is 12.2. The molecule has 1 N–H and O–H groups in total. The van der Waals surface area contributed by atoms with E-state index >= 15 is 0 Å². The van der Waals surface area contributed by atoms with Gasteiger partial charge in [-0.2, -0.15) is 0 Å². The van der Waals surface area contributed by atoms with Gasteiger partial charge in [0.25, 0.3) is 0 Å². The molecule has 2 aromatic heterocycles. The van der Waals surface area contributed by atoms with Crippen molar-refractivity contribution in [1.29, 1.82) is 0 Å². The molecule has 0 spiro atoms. The van der Waals surface area contributed by atoms with Crippen molar-refractivity contribution in [3.05, 3.63) is 59.9 Å². The van der Waals surface area contributed by atoms with E-state index in [0.29, 0.717) is 6.04 Å². The zero-order chi connectivity index (χ0) is 14.7. The number of aromatic nitrogens is 2. The normalized spacial score (nSPS) is 24.3. The van der Waals surface area contributed by atoms with Gasteiger partial charge in [0, 0.05) is 29.7 Å². The highest BCUT2D eigenvalue weighted by Gasteiger charge is 2.34. The minimum atomic E-state index is 0.224. The smallest absolute Gasteiger partial charge is 0.202 e. The Labute approximate surface area is 128 Å². The first-order valence-corrected chi connectivity index (χ1v) is 7.72. The summed E-state index contributed by atoms with van der Waals surface area (Å²) in [6.07, 6.45) is 8.98. The largest absolute Gasteiger partial charge is 0.448 e. The summed E-state index contributed by atoms with van der Waals surface area (Å²) in [4.78, 5) is 10.2. The van der Waals surface area contributed by atoms with Crippen molar-refractivity contribution in [3.63, 3.8) is 0 Å². The van der Waals surface area contributed by atoms with Crippen molar-refractivity contribution in [2.75, 3.05) is 13.6 Å². The summed E-state index contributed by atoms with van der Waals surface area (Å²) in [5.74, 6) is 1.03. The minimum absolute atomic E-state index is 0.224. The molecule has 0 radical (unpaired) electrons. The summed E-state index contributed by atoms with van der Waals surface area (Å²) < 4.78 is 5.54. The lowest BCUT2D eigenvalue weighted by atomic mass is 9.80. The Balaban J connectivity index is 1.72. The average Bonchev–Trinajstić information content (AvgIpc) is 3.19. The lowest BCUT2D eigenvalue weighted by Crippen LogP contribution is -2.41. The van der Waals surface area contributed by atoms with Gasteiger partial charge in [0.2, 0.25) is 5.89 Å². The van der Waals surface area contributed by atoms with E-state index in [1.165, 1.54) is 27.6 Å². The first-order chi connectivity index (χ1) is 10.8. The fourth-order valence-corrected chi connectivity index (χ4v) is 4.02. The van der Waals surface area contributed by atoms with Gasteiger partial charge in [-0.1, -0.05) is 18.2 Å². The maximum atomic E-state index is 5.54. The highest BCUT2D eigenvalue weighted by atomic mass is 16.3. The summed E-state index contributed by atoms with van der Waals surface area (Å²) in [5.41, 5.74) is 5.42. The van der Waals surface area contributed by atoms with Crippen LogP contribution in [0.25, 0.3) is 16.5 Å². The molecule has 0 fully saturated rings. The van der Waals surface area contributed by atoms with Crippen molar-refractivity contribution in [3.8, 4) is 0 Å². The predicted molar refractivity (Wildman–Crippen MR) is 85.6 cm³/mol. The Morgan fingerprint density at radius 3 is 3.18 bits per heavy atom. The van der Waals surface area contributed by atoms with Gasteiger partial charge in [-0.25, -0.2) is 4.98 Å². The van der Waals surface area contributed by atoms with Gasteiger partial charge in [-0.3, -0.25) is 4.90 Å². The second kappa shape index (κ2) is 4.34. The number of H-pyrrole nitrogens is 1. The van der Waals surface area contributed by atoms with E-state index in [0.717, 1.165) is 18.9 Å². The van der Waals surface area contributed by atoms with Gasteiger partial charge in [-0.05, 0) is 36.2 Å². The molecule has 4 nitrogen and oxygen atoms in total. The van der Waals surface area contributed by atoms with Crippen LogP contribution in [0.15, 0.2) is 47.3 Å². The minimum Gasteiger partial charge on any atom is -0.448 e. The molecule has 2 aliphatic rings. The topological polar surface area (TPSA) is 45.1 Å². The van der Waals surface area contributed by atoms with Crippen LogP contribution in [0.5, 0.6) is 0 Å². The van der Waals surface area contributed by atoms with Gasteiger partial charge in [0.15, 0.2) is 0 Å². The molecule has 110 valence electrons. The molecule has 1 aliphatic carbocycles. The van der Waals surface area contributed by atoms with Crippen LogP contribution in [0.1, 0.15) is 22.9 Å². The molecule has 3 aromatic rings. The van der Waals surface area contributed by atoms with Gasteiger partial charge < -0.3 is 9.40 Å². The third-order valence-electron chi connectivity index (χ3n) is 5.04. The third kappa shape index (κ3) is 1.58. The van der Waals surface area contributed by atoms with Crippen LogP contribution in [0.2, 0.25) is 0 Å². The summed E-state index contributed by atoms with van der Waals surface area (Å²) in [6, 6.07) is 6.97. The SMILES string of the molecule is CN1CC(c2ncco2)C=C2c3cccc4[nH]cc(c34)CC21. The van der Waals surface area contributed by atoms with Crippen molar-refractivity contribution < 1.29 is 4.42 Å². The Hall–Kier alpha value is -2.33. The fraction of sp³-hybridized carbons (Fsp3) is 0.278. The van der Waals surface area contributed by atoms with Crippen molar-refractivity contribution in [2.45, 2.75) is 18.4 Å². The summed E-state index contributed by atoms with van der Waals surface area (Å²) in [5, 5.41) is 1.38. The van der Waals surface area contributed by atoms with Crippen LogP contribution in [0, 0.1) is 0 Å². The summed E-state index contributed by atoms with van der Waals surface area (Å²) >= 11 is 0. The number of nitrogens with one attached hydrogen (secondary N) is 1. The molecule has 1 aliphatic heterocycles. The molecule has 0 amide bonds. The fourth-order valence-electron chi connectivity index (χ4n) is 4.02. The Morgan fingerprint density at radius 1 is 1.36 bits per heavy atom. The summed E-state index contributed by atoms with van der Waals surface area (Å²) in [7, 11) is 2.20. The van der Waals surface area contributed by atoms with E-state index < -0.39 is 0 Å². The maximum absolute atomic E-state index is 5.54. The van der Waals surface area contributed by atoms with Crippen LogP contribution in [-0.2, 0) is 6.42 Å². The predicted octanol–water partition coefficient (Wildman–Crippen LogP) is 3.19. The second-order valence-electron chi connectivity index (χ2n) is 6.30. The van der Waals surface area contributed by atoms with Gasteiger partial charge in [0.05, 0.1) is 12.1 Å². The number of rotatable bonds is 1. The van der Waals surface area contributed by atoms with Crippen LogP contribution in [0.3, 0.4) is 0 Å². The molecule has 0 saturated heterocycles. The number of fused-ring (bicyclic) bond motifs is 2. The number of hydrogen-bond acceptors (Lipinski definition) is 3. The van der Waals surface area contributed by atoms with E-state index in [2.05, 4.69) is 52.4 Å². The quantitative estimate of drug-likeness (QED) is 0.749. The van der Waals surface area contributed by atoms with E-state index in [1.54, 1.807) is 12.5 Å². The van der Waals surface area contributed by atoms with Gasteiger partial charge in [0.1, 0.15) is 6.26 Å². The molecule has 22 heavy (non-hydrogen) atoms. The Morgan fingerprint density at radius 2 is 2.32 bits per heavy atom. The number of aromatic amines is 1. The van der Waals surface area contributed by atoms with E-state index in [4.69, 9.17) is 4.42 Å². The van der Waals surface area contributed by atoms with E-state index in [-0.39, 0.29) is 5.92 Å².